The van der Waals surface area contributed by atoms with Crippen LogP contribution in [0.25, 0.3) is 0 Å². The molecule has 76 valence electrons. The van der Waals surface area contributed by atoms with Crippen molar-refractivity contribution in [3.05, 3.63) is 33.5 Å². The van der Waals surface area contributed by atoms with Crippen LogP contribution in [0.3, 0.4) is 0 Å². The molecule has 1 heterocycles. The van der Waals surface area contributed by atoms with Crippen LogP contribution in [0.4, 0.5) is 0 Å². The summed E-state index contributed by atoms with van der Waals surface area (Å²) in [6.45, 7) is 6.63. The fourth-order valence-electron chi connectivity index (χ4n) is 0.985. The predicted octanol–water partition coefficient (Wildman–Crippen LogP) is 2.75. The third-order valence-electron chi connectivity index (χ3n) is 1.73. The van der Waals surface area contributed by atoms with Crippen molar-refractivity contribution < 1.29 is 4.79 Å². The van der Waals surface area contributed by atoms with Gasteiger partial charge in [-0.15, -0.1) is 11.3 Å². The summed E-state index contributed by atoms with van der Waals surface area (Å²) in [4.78, 5) is 12.3. The van der Waals surface area contributed by atoms with Crippen LogP contribution in [-0.4, -0.2) is 12.5 Å². The molecule has 0 unspecified atom stereocenters. The van der Waals surface area contributed by atoms with Gasteiger partial charge in [0.2, 0.25) is 0 Å². The summed E-state index contributed by atoms with van der Waals surface area (Å²) in [5, 5.41) is 4.82. The maximum absolute atomic E-state index is 11.5. The van der Waals surface area contributed by atoms with Gasteiger partial charge in [-0.25, -0.2) is 0 Å². The highest BCUT2D eigenvalue weighted by atomic mass is 32.1. The maximum Gasteiger partial charge on any atom is 0.261 e. The summed E-state index contributed by atoms with van der Waals surface area (Å²) < 4.78 is 0. The van der Waals surface area contributed by atoms with Crippen molar-refractivity contribution in [1.82, 2.24) is 5.32 Å². The molecular weight excluding hydrogens is 194 g/mol. The Morgan fingerprint density at radius 3 is 2.79 bits per heavy atom. The van der Waals surface area contributed by atoms with E-state index in [1.165, 1.54) is 16.9 Å². The zero-order valence-corrected chi connectivity index (χ0v) is 9.57. The molecule has 1 aromatic heterocycles. The number of carbonyl (C=O) groups is 1. The van der Waals surface area contributed by atoms with Gasteiger partial charge < -0.3 is 5.32 Å². The van der Waals surface area contributed by atoms with E-state index < -0.39 is 0 Å². The second kappa shape index (κ2) is 4.96. The molecule has 0 radical (unpaired) electrons. The molecule has 1 N–H and O–H groups in total. The van der Waals surface area contributed by atoms with Crippen molar-refractivity contribution in [3.63, 3.8) is 0 Å². The summed E-state index contributed by atoms with van der Waals surface area (Å²) >= 11 is 1.48. The van der Waals surface area contributed by atoms with Crippen LogP contribution in [0.5, 0.6) is 0 Å². The fourth-order valence-corrected chi connectivity index (χ4v) is 1.80. The molecule has 0 bridgehead atoms. The van der Waals surface area contributed by atoms with Crippen molar-refractivity contribution >= 4 is 17.2 Å². The summed E-state index contributed by atoms with van der Waals surface area (Å²) in [7, 11) is 0. The van der Waals surface area contributed by atoms with E-state index in [4.69, 9.17) is 0 Å². The molecule has 0 aliphatic heterocycles. The highest BCUT2D eigenvalue weighted by molar-refractivity contribution is 7.12. The lowest BCUT2D eigenvalue weighted by atomic mass is 10.3. The van der Waals surface area contributed by atoms with Crippen molar-refractivity contribution in [2.75, 3.05) is 6.54 Å². The highest BCUT2D eigenvalue weighted by Gasteiger charge is 2.05. The average Bonchev–Trinajstić information content (AvgIpc) is 2.51. The van der Waals surface area contributed by atoms with E-state index in [0.717, 1.165) is 10.4 Å². The van der Waals surface area contributed by atoms with Gasteiger partial charge in [0.15, 0.2) is 0 Å². The Morgan fingerprint density at radius 1 is 1.57 bits per heavy atom. The third-order valence-corrected chi connectivity index (χ3v) is 2.77. The Balaban J connectivity index is 2.47. The molecule has 1 rings (SSSR count). The highest BCUT2D eigenvalue weighted by Crippen LogP contribution is 2.12. The summed E-state index contributed by atoms with van der Waals surface area (Å²) in [5.74, 6) is 0.0144. The molecular formula is C11H15NOS. The number of carbonyl (C=O) groups excluding carboxylic acids is 1. The Bertz CT molecular complexity index is 348. The topological polar surface area (TPSA) is 29.1 Å². The number of rotatable bonds is 3. The first-order valence-electron chi connectivity index (χ1n) is 4.56. The van der Waals surface area contributed by atoms with Crippen LogP contribution >= 0.6 is 11.3 Å². The summed E-state index contributed by atoms with van der Waals surface area (Å²) in [5.41, 5.74) is 2.36. The Kier molecular flexibility index (Phi) is 3.89. The van der Waals surface area contributed by atoms with Crippen molar-refractivity contribution in [3.8, 4) is 0 Å². The van der Waals surface area contributed by atoms with E-state index in [-0.39, 0.29) is 5.91 Å². The van der Waals surface area contributed by atoms with E-state index in [9.17, 15) is 4.79 Å². The molecule has 0 fully saturated rings. The van der Waals surface area contributed by atoms with Crippen molar-refractivity contribution in [2.24, 2.45) is 0 Å². The Labute approximate surface area is 88.6 Å². The molecule has 0 aliphatic rings. The van der Waals surface area contributed by atoms with Gasteiger partial charge in [-0.3, -0.25) is 4.79 Å². The second-order valence-electron chi connectivity index (χ2n) is 3.48. The molecule has 0 saturated heterocycles. The largest absolute Gasteiger partial charge is 0.348 e. The van der Waals surface area contributed by atoms with Crippen LogP contribution in [0.1, 0.15) is 29.1 Å². The Hall–Kier alpha value is -1.09. The first-order valence-corrected chi connectivity index (χ1v) is 5.44. The van der Waals surface area contributed by atoms with E-state index >= 15 is 0 Å². The van der Waals surface area contributed by atoms with Gasteiger partial charge in [-0.2, -0.15) is 0 Å². The van der Waals surface area contributed by atoms with Gasteiger partial charge in [0.25, 0.3) is 5.91 Å². The molecule has 1 amide bonds. The molecule has 14 heavy (non-hydrogen) atoms. The van der Waals surface area contributed by atoms with Crippen LogP contribution in [0.2, 0.25) is 0 Å². The van der Waals surface area contributed by atoms with Crippen LogP contribution in [-0.2, 0) is 0 Å². The number of nitrogens with one attached hydrogen (secondary N) is 1. The minimum atomic E-state index is 0.0144. The van der Waals surface area contributed by atoms with Crippen molar-refractivity contribution in [1.29, 1.82) is 0 Å². The van der Waals surface area contributed by atoms with E-state index in [2.05, 4.69) is 5.32 Å². The van der Waals surface area contributed by atoms with E-state index in [1.807, 2.05) is 38.3 Å². The average molecular weight is 209 g/mol. The molecule has 0 atom stereocenters. The fraction of sp³-hybridized carbons (Fsp3) is 0.364. The first-order chi connectivity index (χ1) is 6.59. The molecule has 3 heteroatoms. The lowest BCUT2D eigenvalue weighted by Gasteiger charge is -1.99. The van der Waals surface area contributed by atoms with Gasteiger partial charge >= 0.3 is 0 Å². The summed E-state index contributed by atoms with van der Waals surface area (Å²) in [6.07, 6.45) is 2.00. The first kappa shape index (κ1) is 11.0. The minimum absolute atomic E-state index is 0.0144. The lowest BCUT2D eigenvalue weighted by Crippen LogP contribution is -2.22. The molecule has 0 saturated carbocycles. The van der Waals surface area contributed by atoms with Crippen LogP contribution in [0, 0.1) is 6.92 Å². The number of thiophene rings is 1. The standard InChI is InChI=1S/C11H15NOS/c1-8(2)4-5-12-11(13)10-6-9(3)7-14-10/h4,6-7H,5H2,1-3H3,(H,12,13). The molecule has 0 spiro atoms. The number of aryl methyl sites for hydroxylation is 1. The van der Waals surface area contributed by atoms with Crippen LogP contribution < -0.4 is 5.32 Å². The van der Waals surface area contributed by atoms with E-state index in [1.54, 1.807) is 0 Å². The second-order valence-corrected chi connectivity index (χ2v) is 4.39. The number of amides is 1. The molecule has 1 aromatic rings. The number of hydrogen-bond acceptors (Lipinski definition) is 2. The molecule has 0 aliphatic carbocycles. The quantitative estimate of drug-likeness (QED) is 0.762. The monoisotopic (exact) mass is 209 g/mol. The van der Waals surface area contributed by atoms with Gasteiger partial charge in [0.1, 0.15) is 0 Å². The molecule has 2 nitrogen and oxygen atoms in total. The zero-order valence-electron chi connectivity index (χ0n) is 8.76. The normalized spacial score (nSPS) is 9.64. The van der Waals surface area contributed by atoms with Gasteiger partial charge in [0, 0.05) is 6.54 Å². The predicted molar refractivity (Wildman–Crippen MR) is 60.8 cm³/mol. The lowest BCUT2D eigenvalue weighted by molar-refractivity contribution is 0.0962. The molecule has 0 aromatic carbocycles. The SMILES string of the molecule is CC(C)=CCNC(=O)c1cc(C)cs1. The smallest absolute Gasteiger partial charge is 0.261 e. The minimum Gasteiger partial charge on any atom is -0.348 e. The Morgan fingerprint density at radius 2 is 2.29 bits per heavy atom. The third kappa shape index (κ3) is 3.34. The van der Waals surface area contributed by atoms with Gasteiger partial charge in [0.05, 0.1) is 4.88 Å². The zero-order chi connectivity index (χ0) is 10.6. The van der Waals surface area contributed by atoms with Gasteiger partial charge in [-0.1, -0.05) is 11.6 Å². The maximum atomic E-state index is 11.5. The number of allylic oxidation sites excluding steroid dienone is 1. The van der Waals surface area contributed by atoms with E-state index in [0.29, 0.717) is 6.54 Å². The van der Waals surface area contributed by atoms with Gasteiger partial charge in [-0.05, 0) is 37.8 Å². The number of hydrogen-bond donors (Lipinski definition) is 1. The van der Waals surface area contributed by atoms with Crippen molar-refractivity contribution in [2.45, 2.75) is 20.8 Å². The van der Waals surface area contributed by atoms with Crippen LogP contribution in [0.15, 0.2) is 23.1 Å². The summed E-state index contributed by atoms with van der Waals surface area (Å²) in [6, 6.07) is 1.91.